The van der Waals surface area contributed by atoms with Gasteiger partial charge in [-0.3, -0.25) is 20.7 Å². The Labute approximate surface area is 134 Å². The van der Waals surface area contributed by atoms with E-state index in [2.05, 4.69) is 24.4 Å². The molecule has 0 aliphatic rings. The number of hydrogen-bond acceptors (Lipinski definition) is 8. The smallest absolute Gasteiger partial charge is 0.543 e. The SMILES string of the molecule is CCON=C(C(=O)[O-])c1nsc(NP(N)(N)=O)n1.[Na+]. The summed E-state index contributed by atoms with van der Waals surface area (Å²) in [6.07, 6.45) is 0. The Bertz CT molecular complexity index is 516. The number of hydrogen-bond donors (Lipinski definition) is 3. The van der Waals surface area contributed by atoms with E-state index in [0.29, 0.717) is 0 Å². The van der Waals surface area contributed by atoms with E-state index in [1.807, 2.05) is 0 Å². The number of aromatic nitrogens is 2. The monoisotopic (exact) mass is 316 g/mol. The number of anilines is 1. The maximum absolute atomic E-state index is 11.1. The molecule has 0 fully saturated rings. The summed E-state index contributed by atoms with van der Waals surface area (Å²) in [4.78, 5) is 19.1. The second-order valence-corrected chi connectivity index (χ2v) is 5.28. The third-order valence-electron chi connectivity index (χ3n) is 1.39. The summed E-state index contributed by atoms with van der Waals surface area (Å²) in [6.45, 7) is 1.80. The van der Waals surface area contributed by atoms with Gasteiger partial charge in [-0.2, -0.15) is 9.36 Å². The number of nitrogens with one attached hydrogen (secondary N) is 1. The molecule has 0 aromatic carbocycles. The molecule has 0 saturated heterocycles. The summed E-state index contributed by atoms with van der Waals surface area (Å²) >= 11 is 0.724. The van der Waals surface area contributed by atoms with E-state index in [-0.39, 0.29) is 47.1 Å². The summed E-state index contributed by atoms with van der Waals surface area (Å²) in [5.41, 5.74) is 9.56. The number of oxime groups is 1. The zero-order valence-electron chi connectivity index (χ0n) is 10.2. The van der Waals surface area contributed by atoms with E-state index in [9.17, 15) is 14.5 Å². The van der Waals surface area contributed by atoms with Crippen molar-refractivity contribution in [2.24, 2.45) is 16.2 Å². The number of nitrogens with zero attached hydrogens (tertiary/aromatic N) is 3. The third kappa shape index (κ3) is 6.43. The van der Waals surface area contributed by atoms with Crippen molar-refractivity contribution in [3.8, 4) is 0 Å². The number of carboxylic acids is 1. The minimum absolute atomic E-state index is 0. The van der Waals surface area contributed by atoms with Crippen LogP contribution in [-0.2, 0) is 14.2 Å². The van der Waals surface area contributed by atoms with Crippen molar-refractivity contribution >= 4 is 35.9 Å². The normalized spacial score (nSPS) is 11.6. The first-order valence-electron chi connectivity index (χ1n) is 4.54. The van der Waals surface area contributed by atoms with E-state index < -0.39 is 19.3 Å². The van der Waals surface area contributed by atoms with Crippen molar-refractivity contribution in [2.45, 2.75) is 6.92 Å². The molecule has 10 nitrogen and oxygen atoms in total. The fraction of sp³-hybridized carbons (Fsp3) is 0.333. The van der Waals surface area contributed by atoms with Gasteiger partial charge in [0.05, 0.1) is 5.97 Å². The minimum Gasteiger partial charge on any atom is -0.543 e. The molecule has 1 aromatic rings. The van der Waals surface area contributed by atoms with Gasteiger partial charge in [-0.1, -0.05) is 5.16 Å². The molecule has 1 rings (SSSR count). The Morgan fingerprint density at radius 1 is 1.63 bits per heavy atom. The van der Waals surface area contributed by atoms with Crippen LogP contribution in [-0.4, -0.2) is 27.6 Å². The van der Waals surface area contributed by atoms with E-state index in [4.69, 9.17) is 11.0 Å². The summed E-state index contributed by atoms with van der Waals surface area (Å²) < 4.78 is 14.7. The first kappa shape index (κ1) is 18.4. The molecule has 1 heterocycles. The van der Waals surface area contributed by atoms with Gasteiger partial charge in [-0.15, -0.1) is 0 Å². The van der Waals surface area contributed by atoms with Crippen molar-refractivity contribution in [3.05, 3.63) is 5.82 Å². The number of carboxylic acid groups (broad SMARTS) is 1. The number of carbonyl (C=O) groups excluding carboxylic acids is 1. The van der Waals surface area contributed by atoms with Crippen LogP contribution in [0.5, 0.6) is 0 Å². The van der Waals surface area contributed by atoms with Gasteiger partial charge in [-0.05, 0) is 6.92 Å². The van der Waals surface area contributed by atoms with Crippen molar-refractivity contribution in [3.63, 3.8) is 0 Å². The van der Waals surface area contributed by atoms with Crippen molar-refractivity contribution in [1.82, 2.24) is 9.36 Å². The van der Waals surface area contributed by atoms with Crippen LogP contribution in [0.4, 0.5) is 5.13 Å². The molecule has 13 heteroatoms. The summed E-state index contributed by atoms with van der Waals surface area (Å²) in [5.74, 6) is -1.85. The van der Waals surface area contributed by atoms with Crippen LogP contribution >= 0.6 is 19.1 Å². The Balaban J connectivity index is 0.00000324. The largest absolute Gasteiger partial charge is 1.00 e. The second kappa shape index (κ2) is 7.90. The van der Waals surface area contributed by atoms with Gasteiger partial charge < -0.3 is 14.7 Å². The zero-order chi connectivity index (χ0) is 13.8. The first-order chi connectivity index (χ1) is 8.33. The Hall–Kier alpha value is -0.550. The summed E-state index contributed by atoms with van der Waals surface area (Å²) in [5, 5.41) is 16.3. The van der Waals surface area contributed by atoms with E-state index in [1.54, 1.807) is 6.92 Å². The molecule has 0 bridgehead atoms. The Kier molecular flexibility index (Phi) is 7.67. The Morgan fingerprint density at radius 3 is 2.74 bits per heavy atom. The van der Waals surface area contributed by atoms with Crippen molar-refractivity contribution in [2.75, 3.05) is 11.7 Å². The summed E-state index contributed by atoms with van der Waals surface area (Å²) in [6, 6.07) is 0. The molecule has 0 radical (unpaired) electrons. The standard InChI is InChI=1S/C6H11N6O4PS.Na/c1-2-16-10-3(5(13)14)4-9-6(18-12-4)11-17(7,8)15;/h2H2,1H3,(H,13,14)(H5,7,8,9,11,12,15);/q;+1/p-1. The van der Waals surface area contributed by atoms with E-state index in [1.165, 1.54) is 0 Å². The van der Waals surface area contributed by atoms with Crippen LogP contribution in [0.2, 0.25) is 0 Å². The summed E-state index contributed by atoms with van der Waals surface area (Å²) in [7, 11) is -3.53. The molecular formula is C6H10N6NaO4PS. The average Bonchev–Trinajstić information content (AvgIpc) is 2.63. The number of nitrogens with two attached hydrogens (primary N) is 2. The molecule has 100 valence electrons. The van der Waals surface area contributed by atoms with Crippen LogP contribution in [0, 0.1) is 0 Å². The maximum atomic E-state index is 11.1. The topological polar surface area (TPSA) is 169 Å². The maximum Gasteiger partial charge on any atom is 1.00 e. The van der Waals surface area contributed by atoms with Crippen molar-refractivity contribution in [1.29, 1.82) is 0 Å². The van der Waals surface area contributed by atoms with Gasteiger partial charge in [0.2, 0.25) is 5.13 Å². The molecule has 0 unspecified atom stereocenters. The first-order valence-corrected chi connectivity index (χ1v) is 7.16. The molecule has 0 saturated carbocycles. The van der Waals surface area contributed by atoms with Gasteiger partial charge in [0, 0.05) is 11.5 Å². The van der Waals surface area contributed by atoms with Gasteiger partial charge >= 0.3 is 29.6 Å². The van der Waals surface area contributed by atoms with Crippen LogP contribution in [0.1, 0.15) is 12.7 Å². The van der Waals surface area contributed by atoms with Crippen LogP contribution < -0.4 is 50.8 Å². The van der Waals surface area contributed by atoms with E-state index >= 15 is 0 Å². The molecule has 0 spiro atoms. The zero-order valence-corrected chi connectivity index (χ0v) is 13.9. The van der Waals surface area contributed by atoms with Crippen LogP contribution in [0.25, 0.3) is 0 Å². The predicted octanol–water partition coefficient (Wildman–Crippen LogP) is -4.53. The number of rotatable bonds is 6. The molecule has 0 aliphatic heterocycles. The van der Waals surface area contributed by atoms with Crippen LogP contribution in [0.15, 0.2) is 5.16 Å². The minimum atomic E-state index is -3.53. The Morgan fingerprint density at radius 2 is 2.26 bits per heavy atom. The fourth-order valence-electron chi connectivity index (χ4n) is 0.813. The molecule has 5 N–H and O–H groups in total. The fourth-order valence-corrected chi connectivity index (χ4v) is 2.18. The molecule has 0 aliphatic carbocycles. The quantitative estimate of drug-likeness (QED) is 0.202. The predicted molar refractivity (Wildman–Crippen MR) is 62.7 cm³/mol. The van der Waals surface area contributed by atoms with E-state index in [0.717, 1.165) is 11.5 Å². The van der Waals surface area contributed by atoms with Crippen LogP contribution in [0.3, 0.4) is 0 Å². The molecule has 1 aromatic heterocycles. The van der Waals surface area contributed by atoms with Gasteiger partial charge in [0.25, 0.3) is 7.59 Å². The van der Waals surface area contributed by atoms with Gasteiger partial charge in [0.15, 0.2) is 11.5 Å². The van der Waals surface area contributed by atoms with Crippen molar-refractivity contribution < 1.29 is 48.9 Å². The number of carbonyl (C=O) groups is 1. The molecular weight excluding hydrogens is 306 g/mol. The third-order valence-corrected chi connectivity index (χ3v) is 2.73. The number of aliphatic carboxylic acids is 1. The molecule has 19 heavy (non-hydrogen) atoms. The molecule has 0 amide bonds. The average molecular weight is 316 g/mol. The second-order valence-electron chi connectivity index (χ2n) is 2.89. The molecule has 0 atom stereocenters. The van der Waals surface area contributed by atoms with Gasteiger partial charge in [-0.25, -0.2) is 0 Å². The van der Waals surface area contributed by atoms with Gasteiger partial charge in [0.1, 0.15) is 6.61 Å².